The van der Waals surface area contributed by atoms with Crippen molar-refractivity contribution in [3.05, 3.63) is 34.6 Å². The lowest BCUT2D eigenvalue weighted by Crippen LogP contribution is -2.33. The van der Waals surface area contributed by atoms with Crippen LogP contribution in [0.1, 0.15) is 16.8 Å². The molecule has 3 nitrogen and oxygen atoms in total. The highest BCUT2D eigenvalue weighted by Crippen LogP contribution is 2.22. The summed E-state index contributed by atoms with van der Waals surface area (Å²) in [6, 6.07) is 4.62. The Morgan fingerprint density at radius 3 is 3.00 bits per heavy atom. The highest BCUT2D eigenvalue weighted by atomic mass is 35.5. The van der Waals surface area contributed by atoms with Crippen LogP contribution in [0.4, 0.5) is 4.39 Å². The summed E-state index contributed by atoms with van der Waals surface area (Å²) in [5.74, 6) is -0.755. The summed E-state index contributed by atoms with van der Waals surface area (Å²) >= 11 is 5.80. The minimum Gasteiger partial charge on any atom is -0.337 e. The standard InChI is InChI=1S/C12H14ClFN2O/c1-15-8-5-6-16(7-8)12(17)9-3-2-4-10(14)11(9)13/h2-4,8,15H,5-7H2,1H3/t8-/m0/s1. The molecule has 0 aromatic heterocycles. The van der Waals surface area contributed by atoms with E-state index in [1.165, 1.54) is 12.1 Å². The molecule has 92 valence electrons. The zero-order valence-corrected chi connectivity index (χ0v) is 10.3. The summed E-state index contributed by atoms with van der Waals surface area (Å²) in [5, 5.41) is 3.03. The fourth-order valence-corrected chi connectivity index (χ4v) is 2.23. The maximum Gasteiger partial charge on any atom is 0.255 e. The summed E-state index contributed by atoms with van der Waals surface area (Å²) in [6.45, 7) is 1.32. The maximum atomic E-state index is 13.3. The van der Waals surface area contributed by atoms with E-state index >= 15 is 0 Å². The Kier molecular flexibility index (Phi) is 3.64. The summed E-state index contributed by atoms with van der Waals surface area (Å²) in [5.41, 5.74) is 0.239. The summed E-state index contributed by atoms with van der Waals surface area (Å²) in [6.07, 6.45) is 0.912. The highest BCUT2D eigenvalue weighted by Gasteiger charge is 2.27. The Morgan fingerprint density at radius 2 is 2.35 bits per heavy atom. The number of nitrogens with zero attached hydrogens (tertiary/aromatic N) is 1. The van der Waals surface area contributed by atoms with Gasteiger partial charge in [0.2, 0.25) is 0 Å². The van der Waals surface area contributed by atoms with Crippen LogP contribution in [-0.2, 0) is 0 Å². The third-order valence-electron chi connectivity index (χ3n) is 3.07. The van der Waals surface area contributed by atoms with Crippen molar-refractivity contribution in [3.8, 4) is 0 Å². The molecule has 1 aliphatic heterocycles. The van der Waals surface area contributed by atoms with Crippen molar-refractivity contribution in [1.82, 2.24) is 10.2 Å². The Labute approximate surface area is 105 Å². The van der Waals surface area contributed by atoms with E-state index in [1.54, 1.807) is 11.0 Å². The number of likely N-dealkylation sites (N-methyl/N-ethyl adjacent to an activating group) is 1. The van der Waals surface area contributed by atoms with Gasteiger partial charge >= 0.3 is 0 Å². The molecule has 0 spiro atoms. The van der Waals surface area contributed by atoms with Crippen LogP contribution in [0.5, 0.6) is 0 Å². The second kappa shape index (κ2) is 5.02. The predicted octanol–water partition coefficient (Wildman–Crippen LogP) is 1.91. The number of carbonyl (C=O) groups excluding carboxylic acids is 1. The van der Waals surface area contributed by atoms with E-state index in [-0.39, 0.29) is 16.5 Å². The predicted molar refractivity (Wildman–Crippen MR) is 64.8 cm³/mol. The largest absolute Gasteiger partial charge is 0.337 e. The average molecular weight is 257 g/mol. The second-order valence-corrected chi connectivity index (χ2v) is 4.50. The average Bonchev–Trinajstić information content (AvgIpc) is 2.80. The van der Waals surface area contributed by atoms with Gasteiger partial charge in [-0.2, -0.15) is 0 Å². The van der Waals surface area contributed by atoms with Gasteiger partial charge in [-0.25, -0.2) is 4.39 Å². The van der Waals surface area contributed by atoms with E-state index < -0.39 is 5.82 Å². The van der Waals surface area contributed by atoms with E-state index in [2.05, 4.69) is 5.32 Å². The minimum absolute atomic E-state index is 0.0922. The molecule has 1 fully saturated rings. The number of likely N-dealkylation sites (tertiary alicyclic amines) is 1. The van der Waals surface area contributed by atoms with E-state index in [1.807, 2.05) is 7.05 Å². The van der Waals surface area contributed by atoms with Gasteiger partial charge in [0, 0.05) is 19.1 Å². The lowest BCUT2D eigenvalue weighted by Gasteiger charge is -2.17. The van der Waals surface area contributed by atoms with Gasteiger partial charge in [-0.1, -0.05) is 17.7 Å². The molecule has 1 aromatic carbocycles. The van der Waals surface area contributed by atoms with Crippen LogP contribution in [0, 0.1) is 5.82 Å². The first-order valence-corrected chi connectivity index (χ1v) is 5.92. The van der Waals surface area contributed by atoms with Crippen LogP contribution in [-0.4, -0.2) is 37.0 Å². The lowest BCUT2D eigenvalue weighted by molar-refractivity contribution is 0.0789. The van der Waals surface area contributed by atoms with Crippen molar-refractivity contribution in [3.63, 3.8) is 0 Å². The van der Waals surface area contributed by atoms with Crippen LogP contribution in [0.25, 0.3) is 0 Å². The van der Waals surface area contributed by atoms with E-state index in [4.69, 9.17) is 11.6 Å². The molecule has 1 atom stereocenters. The van der Waals surface area contributed by atoms with Gasteiger partial charge < -0.3 is 10.2 Å². The first kappa shape index (κ1) is 12.3. The topological polar surface area (TPSA) is 32.3 Å². The molecule has 0 radical (unpaired) electrons. The minimum atomic E-state index is -0.554. The Balaban J connectivity index is 2.18. The normalized spacial score (nSPS) is 19.7. The lowest BCUT2D eigenvalue weighted by atomic mass is 10.2. The third-order valence-corrected chi connectivity index (χ3v) is 3.45. The number of hydrogen-bond acceptors (Lipinski definition) is 2. The maximum absolute atomic E-state index is 13.3. The molecule has 0 unspecified atom stereocenters. The van der Waals surface area contributed by atoms with E-state index in [9.17, 15) is 9.18 Å². The number of benzene rings is 1. The number of rotatable bonds is 2. The molecule has 0 bridgehead atoms. The molecule has 1 amide bonds. The molecule has 1 aromatic rings. The Bertz CT molecular complexity index is 439. The fourth-order valence-electron chi connectivity index (χ4n) is 2.02. The molecular weight excluding hydrogens is 243 g/mol. The molecule has 5 heteroatoms. The summed E-state index contributed by atoms with van der Waals surface area (Å²) in [4.78, 5) is 13.8. The van der Waals surface area contributed by atoms with Crippen molar-refractivity contribution < 1.29 is 9.18 Å². The van der Waals surface area contributed by atoms with Gasteiger partial charge in [0.25, 0.3) is 5.91 Å². The van der Waals surface area contributed by atoms with Gasteiger partial charge in [0.05, 0.1) is 10.6 Å². The van der Waals surface area contributed by atoms with Gasteiger partial charge in [0.15, 0.2) is 0 Å². The Hall–Kier alpha value is -1.13. The van der Waals surface area contributed by atoms with Crippen LogP contribution in [0.3, 0.4) is 0 Å². The van der Waals surface area contributed by atoms with Crippen LogP contribution < -0.4 is 5.32 Å². The van der Waals surface area contributed by atoms with Crippen molar-refractivity contribution in [2.75, 3.05) is 20.1 Å². The van der Waals surface area contributed by atoms with E-state index in [0.29, 0.717) is 19.1 Å². The zero-order chi connectivity index (χ0) is 12.4. The number of amides is 1. The molecule has 1 heterocycles. The third kappa shape index (κ3) is 2.42. The number of hydrogen-bond donors (Lipinski definition) is 1. The van der Waals surface area contributed by atoms with Gasteiger partial charge in [-0.3, -0.25) is 4.79 Å². The smallest absolute Gasteiger partial charge is 0.255 e. The second-order valence-electron chi connectivity index (χ2n) is 4.13. The first-order valence-electron chi connectivity index (χ1n) is 5.54. The van der Waals surface area contributed by atoms with Gasteiger partial charge in [-0.15, -0.1) is 0 Å². The molecule has 1 N–H and O–H groups in total. The van der Waals surface area contributed by atoms with Crippen LogP contribution in [0.15, 0.2) is 18.2 Å². The number of nitrogens with one attached hydrogen (secondary N) is 1. The zero-order valence-electron chi connectivity index (χ0n) is 9.54. The quantitative estimate of drug-likeness (QED) is 0.877. The molecule has 1 aliphatic rings. The van der Waals surface area contributed by atoms with Crippen molar-refractivity contribution in [2.45, 2.75) is 12.5 Å². The molecule has 17 heavy (non-hydrogen) atoms. The molecule has 0 saturated carbocycles. The SMILES string of the molecule is CN[C@H]1CCN(C(=O)c2cccc(F)c2Cl)C1. The monoisotopic (exact) mass is 256 g/mol. The molecule has 1 saturated heterocycles. The number of halogens is 2. The molecular formula is C12H14ClFN2O. The summed E-state index contributed by atoms with van der Waals surface area (Å²) < 4.78 is 13.3. The summed E-state index contributed by atoms with van der Waals surface area (Å²) in [7, 11) is 1.87. The highest BCUT2D eigenvalue weighted by molar-refractivity contribution is 6.34. The van der Waals surface area contributed by atoms with Crippen molar-refractivity contribution >= 4 is 17.5 Å². The molecule has 2 rings (SSSR count). The van der Waals surface area contributed by atoms with Crippen LogP contribution >= 0.6 is 11.6 Å². The molecule has 0 aliphatic carbocycles. The van der Waals surface area contributed by atoms with E-state index in [0.717, 1.165) is 6.42 Å². The van der Waals surface area contributed by atoms with Crippen molar-refractivity contribution in [2.24, 2.45) is 0 Å². The fraction of sp³-hybridized carbons (Fsp3) is 0.417. The van der Waals surface area contributed by atoms with Gasteiger partial charge in [0.1, 0.15) is 5.82 Å². The first-order chi connectivity index (χ1) is 8.13. The Morgan fingerprint density at radius 1 is 1.59 bits per heavy atom. The number of carbonyl (C=O) groups is 1. The van der Waals surface area contributed by atoms with Crippen LogP contribution in [0.2, 0.25) is 5.02 Å². The van der Waals surface area contributed by atoms with Crippen molar-refractivity contribution in [1.29, 1.82) is 0 Å². The van der Waals surface area contributed by atoms with Gasteiger partial charge in [-0.05, 0) is 25.6 Å².